The highest BCUT2D eigenvalue weighted by Crippen LogP contribution is 2.18. The molecule has 0 radical (unpaired) electrons. The van der Waals surface area contributed by atoms with Crippen LogP contribution in [0.15, 0.2) is 18.5 Å². The number of hydrogen-bond acceptors (Lipinski definition) is 4. The van der Waals surface area contributed by atoms with E-state index in [1.165, 1.54) is 23.0 Å². The highest BCUT2D eigenvalue weighted by atomic mass is 35.5. The van der Waals surface area contributed by atoms with E-state index >= 15 is 0 Å². The van der Waals surface area contributed by atoms with Gasteiger partial charge in [0, 0.05) is 6.20 Å². The minimum Gasteiger partial charge on any atom is -0.358 e. The van der Waals surface area contributed by atoms with Gasteiger partial charge in [0.1, 0.15) is 5.52 Å². The van der Waals surface area contributed by atoms with Gasteiger partial charge in [-0.25, -0.2) is 4.98 Å². The molecule has 0 aliphatic rings. The van der Waals surface area contributed by atoms with Crippen LogP contribution in [0.4, 0.5) is 5.82 Å². The lowest BCUT2D eigenvalue weighted by molar-refractivity contribution is -0.389. The molecule has 2 rings (SSSR count). The molecule has 7 heteroatoms. The van der Waals surface area contributed by atoms with E-state index in [-0.39, 0.29) is 11.0 Å². The topological polar surface area (TPSA) is 73.3 Å². The number of nitrogens with zero attached hydrogens (tertiary/aromatic N) is 4. The molecule has 13 heavy (non-hydrogen) atoms. The zero-order valence-corrected chi connectivity index (χ0v) is 6.97. The van der Waals surface area contributed by atoms with Gasteiger partial charge in [0.25, 0.3) is 0 Å². The molecule has 0 N–H and O–H groups in total. The van der Waals surface area contributed by atoms with Gasteiger partial charge in [0.2, 0.25) is 0 Å². The van der Waals surface area contributed by atoms with Gasteiger partial charge in [0.05, 0.1) is 17.4 Å². The monoisotopic (exact) mass is 198 g/mol. The molecule has 0 aliphatic heterocycles. The Labute approximate surface area is 76.9 Å². The van der Waals surface area contributed by atoms with E-state index in [9.17, 15) is 10.1 Å². The molecule has 0 amide bonds. The summed E-state index contributed by atoms with van der Waals surface area (Å²) in [7, 11) is 0. The first kappa shape index (κ1) is 7.93. The van der Waals surface area contributed by atoms with Gasteiger partial charge in [-0.2, -0.15) is 0 Å². The predicted octanol–water partition coefficient (Wildman–Crippen LogP) is 1.29. The molecule has 0 saturated carbocycles. The van der Waals surface area contributed by atoms with Crippen molar-refractivity contribution >= 4 is 22.9 Å². The fourth-order valence-corrected chi connectivity index (χ4v) is 1.16. The second-order valence-corrected chi connectivity index (χ2v) is 2.67. The van der Waals surface area contributed by atoms with Crippen LogP contribution < -0.4 is 0 Å². The van der Waals surface area contributed by atoms with Crippen molar-refractivity contribution in [1.82, 2.24) is 14.6 Å². The van der Waals surface area contributed by atoms with Crippen LogP contribution in [0.3, 0.4) is 0 Å². The summed E-state index contributed by atoms with van der Waals surface area (Å²) < 4.78 is 1.31. The third-order valence-corrected chi connectivity index (χ3v) is 1.81. The molecule has 2 aromatic heterocycles. The van der Waals surface area contributed by atoms with E-state index in [1.807, 2.05) is 0 Å². The molecule has 2 aromatic rings. The Morgan fingerprint density at radius 2 is 2.38 bits per heavy atom. The molecule has 6 nitrogen and oxygen atoms in total. The third kappa shape index (κ3) is 1.20. The van der Waals surface area contributed by atoms with Crippen molar-refractivity contribution < 1.29 is 4.92 Å². The van der Waals surface area contributed by atoms with Crippen LogP contribution in [-0.4, -0.2) is 19.5 Å². The molecular formula is C6H3ClN4O2. The predicted molar refractivity (Wildman–Crippen MR) is 44.7 cm³/mol. The molecule has 0 bridgehead atoms. The van der Waals surface area contributed by atoms with Crippen LogP contribution >= 0.6 is 11.6 Å². The zero-order valence-electron chi connectivity index (χ0n) is 6.22. The maximum absolute atomic E-state index is 10.3. The maximum Gasteiger partial charge on any atom is 0.391 e. The molecule has 0 fully saturated rings. The summed E-state index contributed by atoms with van der Waals surface area (Å²) in [6, 6.07) is 1.27. The Morgan fingerprint density at radius 1 is 1.62 bits per heavy atom. The SMILES string of the molecule is O=[N+]([O-])c1cc2c(Cl)nccn2n1. The summed E-state index contributed by atoms with van der Waals surface area (Å²) in [6.45, 7) is 0. The van der Waals surface area contributed by atoms with Crippen LogP contribution in [0.5, 0.6) is 0 Å². The molecule has 0 unspecified atom stereocenters. The quantitative estimate of drug-likeness (QED) is 0.511. The lowest BCUT2D eigenvalue weighted by Gasteiger charge is -1.87. The summed E-state index contributed by atoms with van der Waals surface area (Å²) in [5.74, 6) is -0.241. The fraction of sp³-hybridized carbons (Fsp3) is 0. The first-order chi connectivity index (χ1) is 6.18. The van der Waals surface area contributed by atoms with Gasteiger partial charge in [-0.15, -0.1) is 4.52 Å². The van der Waals surface area contributed by atoms with Crippen molar-refractivity contribution in [3.8, 4) is 0 Å². The molecular weight excluding hydrogens is 196 g/mol. The van der Waals surface area contributed by atoms with E-state index < -0.39 is 4.92 Å². The van der Waals surface area contributed by atoms with Crippen LogP contribution in [0.1, 0.15) is 0 Å². The minimum atomic E-state index is -0.580. The molecule has 0 aromatic carbocycles. The number of halogens is 1. The Balaban J connectivity index is 2.75. The standard InChI is InChI=1S/C6H3ClN4O2/c7-6-4-3-5(11(12)13)9-10(4)2-1-8-6/h1-3H. The van der Waals surface area contributed by atoms with Gasteiger partial charge in [-0.3, -0.25) is 0 Å². The summed E-state index contributed by atoms with van der Waals surface area (Å²) in [5, 5.41) is 14.2. The van der Waals surface area contributed by atoms with E-state index in [2.05, 4.69) is 10.1 Å². The zero-order chi connectivity index (χ0) is 9.42. The average molecular weight is 199 g/mol. The largest absolute Gasteiger partial charge is 0.391 e. The van der Waals surface area contributed by atoms with Gasteiger partial charge >= 0.3 is 5.82 Å². The molecule has 0 aliphatic carbocycles. The van der Waals surface area contributed by atoms with E-state index in [4.69, 9.17) is 11.6 Å². The van der Waals surface area contributed by atoms with Crippen molar-refractivity contribution in [2.75, 3.05) is 0 Å². The summed E-state index contributed by atoms with van der Waals surface area (Å²) >= 11 is 5.68. The van der Waals surface area contributed by atoms with Crippen molar-refractivity contribution in [2.24, 2.45) is 0 Å². The number of hydrogen-bond donors (Lipinski definition) is 0. The molecule has 0 atom stereocenters. The van der Waals surface area contributed by atoms with Crippen LogP contribution in [-0.2, 0) is 0 Å². The van der Waals surface area contributed by atoms with Crippen LogP contribution in [0.2, 0.25) is 5.15 Å². The van der Waals surface area contributed by atoms with E-state index in [1.54, 1.807) is 0 Å². The second-order valence-electron chi connectivity index (χ2n) is 2.31. The van der Waals surface area contributed by atoms with Crippen molar-refractivity contribution in [2.45, 2.75) is 0 Å². The van der Waals surface area contributed by atoms with Gasteiger partial charge in [-0.1, -0.05) is 11.6 Å². The molecule has 66 valence electrons. The molecule has 0 saturated heterocycles. The summed E-state index contributed by atoms with van der Waals surface area (Å²) in [4.78, 5) is 13.5. The van der Waals surface area contributed by atoms with Crippen LogP contribution in [0.25, 0.3) is 5.52 Å². The molecule has 2 heterocycles. The number of nitro groups is 1. The van der Waals surface area contributed by atoms with Crippen molar-refractivity contribution in [1.29, 1.82) is 0 Å². The fourth-order valence-electron chi connectivity index (χ4n) is 0.967. The second kappa shape index (κ2) is 2.67. The van der Waals surface area contributed by atoms with E-state index in [0.717, 1.165) is 0 Å². The Kier molecular flexibility index (Phi) is 1.63. The van der Waals surface area contributed by atoms with Gasteiger partial charge in [-0.05, 0) is 4.92 Å². The summed E-state index contributed by atoms with van der Waals surface area (Å²) in [6.07, 6.45) is 2.92. The summed E-state index contributed by atoms with van der Waals surface area (Å²) in [5.41, 5.74) is 0.427. The highest BCUT2D eigenvalue weighted by molar-refractivity contribution is 6.32. The number of rotatable bonds is 1. The van der Waals surface area contributed by atoms with Gasteiger partial charge in [0.15, 0.2) is 5.15 Å². The number of aromatic nitrogens is 3. The van der Waals surface area contributed by atoms with Crippen LogP contribution in [0, 0.1) is 10.1 Å². The normalized spacial score (nSPS) is 10.5. The smallest absolute Gasteiger partial charge is 0.358 e. The third-order valence-electron chi connectivity index (χ3n) is 1.52. The lowest BCUT2D eigenvalue weighted by Crippen LogP contribution is -1.90. The maximum atomic E-state index is 10.3. The first-order valence-electron chi connectivity index (χ1n) is 3.33. The number of fused-ring (bicyclic) bond motifs is 1. The van der Waals surface area contributed by atoms with Crippen molar-refractivity contribution in [3.63, 3.8) is 0 Å². The Morgan fingerprint density at radius 3 is 3.00 bits per heavy atom. The minimum absolute atomic E-state index is 0.197. The van der Waals surface area contributed by atoms with E-state index in [0.29, 0.717) is 5.52 Å². The Bertz CT molecular complexity index is 480. The lowest BCUT2D eigenvalue weighted by atomic mass is 10.5. The van der Waals surface area contributed by atoms with Crippen molar-refractivity contribution in [3.05, 3.63) is 33.7 Å². The Hall–Kier alpha value is -1.69. The average Bonchev–Trinajstić information content (AvgIpc) is 2.49. The molecule has 0 spiro atoms. The van der Waals surface area contributed by atoms with Gasteiger partial charge < -0.3 is 10.1 Å². The highest BCUT2D eigenvalue weighted by Gasteiger charge is 2.14. The first-order valence-corrected chi connectivity index (χ1v) is 3.70.